The Balaban J connectivity index is 1.65. The van der Waals surface area contributed by atoms with E-state index in [1.54, 1.807) is 19.2 Å². The van der Waals surface area contributed by atoms with E-state index in [-0.39, 0.29) is 10.9 Å². The molecule has 1 aromatic heterocycles. The first-order chi connectivity index (χ1) is 13.0. The molecule has 0 aliphatic carbocycles. The predicted octanol–water partition coefficient (Wildman–Crippen LogP) is 3.84. The van der Waals surface area contributed by atoms with E-state index in [9.17, 15) is 8.42 Å². The Labute approximate surface area is 162 Å². The molecule has 0 amide bonds. The van der Waals surface area contributed by atoms with E-state index in [1.807, 2.05) is 31.2 Å². The van der Waals surface area contributed by atoms with Gasteiger partial charge in [-0.2, -0.15) is 4.31 Å². The van der Waals surface area contributed by atoms with Gasteiger partial charge in [-0.05, 0) is 31.2 Å². The van der Waals surface area contributed by atoms with Crippen molar-refractivity contribution in [2.45, 2.75) is 24.3 Å². The summed E-state index contributed by atoms with van der Waals surface area (Å²) in [6.07, 6.45) is 0.769. The number of para-hydroxylation sites is 1. The van der Waals surface area contributed by atoms with E-state index >= 15 is 0 Å². The fourth-order valence-electron chi connectivity index (χ4n) is 2.90. The lowest BCUT2D eigenvalue weighted by Gasteiger charge is -2.23. The SMILES string of the molecule is C[C@@H](c1nc2ccccc2s1)N(C)S(=O)(=O)c1ccc2c(c1)OCCCO2. The third-order valence-electron chi connectivity index (χ3n) is 4.61. The molecule has 6 nitrogen and oxygen atoms in total. The maximum absolute atomic E-state index is 13.1. The number of benzene rings is 2. The molecular formula is C19H20N2O4S2. The normalized spacial score (nSPS) is 15.7. The van der Waals surface area contributed by atoms with Gasteiger partial charge in [0.15, 0.2) is 11.5 Å². The van der Waals surface area contributed by atoms with Crippen LogP contribution in [0.4, 0.5) is 0 Å². The minimum absolute atomic E-state index is 0.183. The van der Waals surface area contributed by atoms with Gasteiger partial charge < -0.3 is 9.47 Å². The maximum Gasteiger partial charge on any atom is 0.243 e. The Hall–Kier alpha value is -2.16. The van der Waals surface area contributed by atoms with Gasteiger partial charge >= 0.3 is 0 Å². The molecule has 1 aliphatic rings. The first kappa shape index (κ1) is 18.2. The van der Waals surface area contributed by atoms with Crippen LogP contribution >= 0.6 is 11.3 Å². The summed E-state index contributed by atoms with van der Waals surface area (Å²) < 4.78 is 39.9. The molecule has 0 N–H and O–H groups in total. The van der Waals surface area contributed by atoms with Gasteiger partial charge in [-0.15, -0.1) is 11.3 Å². The predicted molar refractivity (Wildman–Crippen MR) is 105 cm³/mol. The molecule has 3 aromatic rings. The molecule has 142 valence electrons. The fraction of sp³-hybridized carbons (Fsp3) is 0.316. The zero-order valence-corrected chi connectivity index (χ0v) is 16.7. The number of hydrogen-bond acceptors (Lipinski definition) is 6. The van der Waals surface area contributed by atoms with Gasteiger partial charge in [-0.3, -0.25) is 0 Å². The van der Waals surface area contributed by atoms with Crippen LogP contribution in [0.25, 0.3) is 10.2 Å². The molecular weight excluding hydrogens is 384 g/mol. The number of hydrogen-bond donors (Lipinski definition) is 0. The van der Waals surface area contributed by atoms with Gasteiger partial charge in [0.2, 0.25) is 10.0 Å². The largest absolute Gasteiger partial charge is 0.490 e. The number of fused-ring (bicyclic) bond motifs is 2. The van der Waals surface area contributed by atoms with Crippen LogP contribution in [-0.2, 0) is 10.0 Å². The summed E-state index contributed by atoms with van der Waals surface area (Å²) >= 11 is 1.51. The van der Waals surface area contributed by atoms with Crippen LogP contribution in [0.1, 0.15) is 24.4 Å². The molecule has 8 heteroatoms. The fourth-order valence-corrected chi connectivity index (χ4v) is 5.38. The van der Waals surface area contributed by atoms with Crippen LogP contribution in [0.3, 0.4) is 0 Å². The topological polar surface area (TPSA) is 68.7 Å². The van der Waals surface area contributed by atoms with Crippen molar-refractivity contribution in [3.8, 4) is 11.5 Å². The average molecular weight is 405 g/mol. The van der Waals surface area contributed by atoms with E-state index in [2.05, 4.69) is 4.98 Å². The zero-order valence-electron chi connectivity index (χ0n) is 15.1. The second kappa shape index (κ2) is 7.10. The van der Waals surface area contributed by atoms with Gasteiger partial charge in [0, 0.05) is 19.5 Å². The summed E-state index contributed by atoms with van der Waals surface area (Å²) in [5.74, 6) is 1.04. The first-order valence-corrected chi connectivity index (χ1v) is 11.0. The van der Waals surface area contributed by atoms with Crippen molar-refractivity contribution in [1.29, 1.82) is 0 Å². The van der Waals surface area contributed by atoms with Gasteiger partial charge in [-0.25, -0.2) is 13.4 Å². The lowest BCUT2D eigenvalue weighted by Crippen LogP contribution is -2.29. The summed E-state index contributed by atoms with van der Waals surface area (Å²) in [5, 5.41) is 0.761. The Bertz CT molecular complexity index is 1050. The molecule has 0 fully saturated rings. The van der Waals surface area contributed by atoms with E-state index < -0.39 is 10.0 Å². The molecule has 4 rings (SSSR count). The van der Waals surface area contributed by atoms with E-state index in [1.165, 1.54) is 21.7 Å². The van der Waals surface area contributed by atoms with Crippen molar-refractivity contribution in [3.05, 3.63) is 47.5 Å². The van der Waals surface area contributed by atoms with Crippen LogP contribution in [0, 0.1) is 0 Å². The molecule has 0 unspecified atom stereocenters. The molecule has 0 spiro atoms. The number of sulfonamides is 1. The highest BCUT2D eigenvalue weighted by molar-refractivity contribution is 7.89. The van der Waals surface area contributed by atoms with Gasteiger partial charge in [0.05, 0.1) is 34.4 Å². The van der Waals surface area contributed by atoms with Crippen LogP contribution in [-0.4, -0.2) is 38.0 Å². The second-order valence-corrected chi connectivity index (χ2v) is 9.44. The first-order valence-electron chi connectivity index (χ1n) is 8.70. The smallest absolute Gasteiger partial charge is 0.243 e. The van der Waals surface area contributed by atoms with Gasteiger partial charge in [-0.1, -0.05) is 12.1 Å². The molecule has 0 radical (unpaired) electrons. The number of rotatable bonds is 4. The number of nitrogens with zero attached hydrogens (tertiary/aromatic N) is 2. The van der Waals surface area contributed by atoms with Gasteiger partial charge in [0.1, 0.15) is 5.01 Å². The molecule has 2 heterocycles. The summed E-state index contributed by atoms with van der Waals surface area (Å²) in [6.45, 7) is 2.92. The molecule has 1 aliphatic heterocycles. The highest BCUT2D eigenvalue weighted by Gasteiger charge is 2.29. The molecule has 2 aromatic carbocycles. The van der Waals surface area contributed by atoms with Crippen LogP contribution in [0.2, 0.25) is 0 Å². The number of thiazole rings is 1. The highest BCUT2D eigenvalue weighted by atomic mass is 32.2. The summed E-state index contributed by atoms with van der Waals surface area (Å²) in [4.78, 5) is 4.77. The van der Waals surface area contributed by atoms with Crippen molar-refractivity contribution in [2.75, 3.05) is 20.3 Å². The van der Waals surface area contributed by atoms with E-state index in [4.69, 9.17) is 9.47 Å². The summed E-state index contributed by atoms with van der Waals surface area (Å²) in [6, 6.07) is 12.2. The highest BCUT2D eigenvalue weighted by Crippen LogP contribution is 2.35. The number of ether oxygens (including phenoxy) is 2. The molecule has 0 saturated heterocycles. The van der Waals surface area contributed by atoms with Crippen molar-refractivity contribution in [1.82, 2.24) is 9.29 Å². The third kappa shape index (κ3) is 3.40. The molecule has 1 atom stereocenters. The Morgan fingerprint density at radius 2 is 1.85 bits per heavy atom. The van der Waals surface area contributed by atoms with Crippen molar-refractivity contribution >= 4 is 31.6 Å². The van der Waals surface area contributed by atoms with Crippen molar-refractivity contribution in [2.24, 2.45) is 0 Å². The van der Waals surface area contributed by atoms with Crippen LogP contribution in [0.5, 0.6) is 11.5 Å². The zero-order chi connectivity index (χ0) is 19.0. The van der Waals surface area contributed by atoms with Crippen molar-refractivity contribution < 1.29 is 17.9 Å². The lowest BCUT2D eigenvalue weighted by atomic mass is 10.3. The summed E-state index contributed by atoms with van der Waals surface area (Å²) in [5.41, 5.74) is 0.880. The second-order valence-electron chi connectivity index (χ2n) is 6.38. The molecule has 0 saturated carbocycles. The van der Waals surface area contributed by atoms with E-state index in [0.29, 0.717) is 24.7 Å². The number of aromatic nitrogens is 1. The van der Waals surface area contributed by atoms with Crippen LogP contribution in [0.15, 0.2) is 47.4 Å². The standard InChI is InChI=1S/C19H20N2O4S2/c1-13(19-20-15-6-3-4-7-18(15)26-19)21(2)27(22,23)14-8-9-16-17(12-14)25-11-5-10-24-16/h3-4,6-9,12-13H,5,10-11H2,1-2H3/t13-/m0/s1. The Morgan fingerprint density at radius 1 is 1.11 bits per heavy atom. The Morgan fingerprint density at radius 3 is 2.63 bits per heavy atom. The quantitative estimate of drug-likeness (QED) is 0.661. The van der Waals surface area contributed by atoms with Crippen molar-refractivity contribution in [3.63, 3.8) is 0 Å². The molecule has 0 bridgehead atoms. The third-order valence-corrected chi connectivity index (χ3v) is 7.74. The Kier molecular flexibility index (Phi) is 4.79. The van der Waals surface area contributed by atoms with E-state index in [0.717, 1.165) is 21.6 Å². The van der Waals surface area contributed by atoms with Crippen LogP contribution < -0.4 is 9.47 Å². The minimum Gasteiger partial charge on any atom is -0.490 e. The lowest BCUT2D eigenvalue weighted by molar-refractivity contribution is 0.296. The summed E-state index contributed by atoms with van der Waals surface area (Å²) in [7, 11) is -2.13. The average Bonchev–Trinajstić information content (AvgIpc) is 2.97. The molecule has 27 heavy (non-hydrogen) atoms. The monoisotopic (exact) mass is 404 g/mol. The minimum atomic E-state index is -3.70. The van der Waals surface area contributed by atoms with Gasteiger partial charge in [0.25, 0.3) is 0 Å². The maximum atomic E-state index is 13.1.